The minimum absolute atomic E-state index is 0.286. The van der Waals surface area contributed by atoms with Crippen molar-refractivity contribution >= 4 is 40.2 Å². The molecule has 4 nitrogen and oxygen atoms in total. The topological polar surface area (TPSA) is 77.0 Å². The molecule has 0 amide bonds. The highest BCUT2D eigenvalue weighted by Gasteiger charge is 2.14. The van der Waals surface area contributed by atoms with Crippen molar-refractivity contribution in [1.29, 1.82) is 10.8 Å². The van der Waals surface area contributed by atoms with Gasteiger partial charge in [0.2, 0.25) is 0 Å². The molecule has 4 aromatic carbocycles. The highest BCUT2D eigenvalue weighted by atomic mass is 15.1. The van der Waals surface area contributed by atoms with E-state index < -0.39 is 0 Å². The lowest BCUT2D eigenvalue weighted by Gasteiger charge is -2.26. The first-order valence-corrected chi connectivity index (χ1v) is 13.2. The fourth-order valence-corrected chi connectivity index (χ4v) is 3.78. The molecule has 5 rings (SSSR count). The molecule has 0 saturated heterocycles. The molecule has 0 atom stereocenters. The standard InChI is InChI=1S/C20H20N2.C10H8N2.2C2H6/c1-15-7-11-17(12-8-15)22(18-13-9-16(2)10-14-18)20-6-4-3-5-19(20)21;11-9-6-5-7-3-1-2-4-8(7)10(9)12;2*1-2/h3-14H,21H2,1-2H3;1-6,11-12H;2*1-2H3. The molecule has 0 unspecified atom stereocenters. The van der Waals surface area contributed by atoms with Gasteiger partial charge in [-0.25, -0.2) is 0 Å². The first kappa shape index (κ1) is 29.8. The summed E-state index contributed by atoms with van der Waals surface area (Å²) in [5.74, 6) is 0. The Hall–Kier alpha value is -4.44. The first-order valence-electron chi connectivity index (χ1n) is 13.2. The van der Waals surface area contributed by atoms with Gasteiger partial charge < -0.3 is 10.6 Å². The Balaban J connectivity index is 0.000000267. The van der Waals surface area contributed by atoms with E-state index in [4.69, 9.17) is 16.6 Å². The van der Waals surface area contributed by atoms with Gasteiger partial charge in [0.15, 0.2) is 0 Å². The van der Waals surface area contributed by atoms with Crippen molar-refractivity contribution in [2.45, 2.75) is 41.5 Å². The minimum Gasteiger partial charge on any atom is -0.397 e. The summed E-state index contributed by atoms with van der Waals surface area (Å²) in [4.78, 5) is 2.19. The van der Waals surface area contributed by atoms with Gasteiger partial charge in [-0.05, 0) is 61.9 Å². The zero-order chi connectivity index (χ0) is 28.1. The van der Waals surface area contributed by atoms with E-state index in [9.17, 15) is 0 Å². The van der Waals surface area contributed by atoms with Crippen molar-refractivity contribution in [1.82, 2.24) is 0 Å². The van der Waals surface area contributed by atoms with E-state index in [1.807, 2.05) is 76.2 Å². The van der Waals surface area contributed by atoms with Crippen molar-refractivity contribution in [3.63, 3.8) is 0 Å². The fraction of sp³-hybridized carbons (Fsp3) is 0.176. The number of nitrogens with two attached hydrogens (primary N) is 1. The number of benzene rings is 4. The van der Waals surface area contributed by atoms with Gasteiger partial charge in [0.25, 0.3) is 0 Å². The third kappa shape index (κ3) is 7.53. The van der Waals surface area contributed by atoms with E-state index in [0.29, 0.717) is 5.71 Å². The summed E-state index contributed by atoms with van der Waals surface area (Å²) in [5.41, 5.74) is 15.2. The number of nitrogens with one attached hydrogen (secondary N) is 2. The van der Waals surface area contributed by atoms with Crippen LogP contribution in [-0.2, 0) is 0 Å². The third-order valence-electron chi connectivity index (χ3n) is 5.69. The molecular formula is C34H40N4. The van der Waals surface area contributed by atoms with Crippen LogP contribution in [0.4, 0.5) is 22.7 Å². The number of fused-ring (bicyclic) bond motifs is 1. The van der Waals surface area contributed by atoms with E-state index in [-0.39, 0.29) is 5.71 Å². The average Bonchev–Trinajstić information content (AvgIpc) is 2.97. The number of hydrogen-bond acceptors (Lipinski definition) is 4. The van der Waals surface area contributed by atoms with Crippen LogP contribution in [0.1, 0.15) is 49.9 Å². The van der Waals surface area contributed by atoms with Crippen LogP contribution in [0.2, 0.25) is 0 Å². The number of hydrogen-bond donors (Lipinski definition) is 3. The smallest absolute Gasteiger partial charge is 0.0867 e. The largest absolute Gasteiger partial charge is 0.397 e. The number of nitrogens with zero attached hydrogens (tertiary/aromatic N) is 1. The molecule has 38 heavy (non-hydrogen) atoms. The lowest BCUT2D eigenvalue weighted by atomic mass is 9.94. The molecule has 0 saturated carbocycles. The van der Waals surface area contributed by atoms with Gasteiger partial charge >= 0.3 is 0 Å². The van der Waals surface area contributed by atoms with Crippen molar-refractivity contribution in [2.24, 2.45) is 0 Å². The highest BCUT2D eigenvalue weighted by molar-refractivity contribution is 6.52. The molecule has 0 aromatic heterocycles. The Bertz CT molecular complexity index is 1300. The van der Waals surface area contributed by atoms with Gasteiger partial charge in [-0.15, -0.1) is 0 Å². The molecular weight excluding hydrogens is 464 g/mol. The van der Waals surface area contributed by atoms with Crippen LogP contribution in [0, 0.1) is 24.7 Å². The molecule has 0 radical (unpaired) electrons. The quantitative estimate of drug-likeness (QED) is 0.243. The monoisotopic (exact) mass is 504 g/mol. The summed E-state index contributed by atoms with van der Waals surface area (Å²) in [7, 11) is 0. The molecule has 196 valence electrons. The van der Waals surface area contributed by atoms with Crippen molar-refractivity contribution in [3.05, 3.63) is 125 Å². The molecule has 0 bridgehead atoms. The van der Waals surface area contributed by atoms with Gasteiger partial charge in [-0.3, -0.25) is 10.8 Å². The van der Waals surface area contributed by atoms with E-state index in [1.165, 1.54) is 11.1 Å². The average molecular weight is 505 g/mol. The van der Waals surface area contributed by atoms with Crippen LogP contribution in [0.15, 0.2) is 103 Å². The summed E-state index contributed by atoms with van der Waals surface area (Å²) in [5, 5.41) is 15.0. The Morgan fingerprint density at radius 1 is 0.579 bits per heavy atom. The Morgan fingerprint density at radius 3 is 1.58 bits per heavy atom. The molecule has 0 heterocycles. The first-order chi connectivity index (χ1) is 18.4. The van der Waals surface area contributed by atoms with E-state index in [0.717, 1.165) is 33.9 Å². The van der Waals surface area contributed by atoms with Crippen LogP contribution >= 0.6 is 0 Å². The Labute approximate surface area is 228 Å². The van der Waals surface area contributed by atoms with Gasteiger partial charge in [0.05, 0.1) is 22.8 Å². The highest BCUT2D eigenvalue weighted by Crippen LogP contribution is 2.37. The van der Waals surface area contributed by atoms with Crippen LogP contribution in [0.5, 0.6) is 0 Å². The lowest BCUT2D eigenvalue weighted by molar-refractivity contribution is 1.27. The van der Waals surface area contributed by atoms with Gasteiger partial charge in [0, 0.05) is 16.9 Å². The Kier molecular flexibility index (Phi) is 11.7. The number of anilines is 4. The van der Waals surface area contributed by atoms with Gasteiger partial charge in [-0.2, -0.15) is 0 Å². The maximum Gasteiger partial charge on any atom is 0.0867 e. The minimum atomic E-state index is 0.286. The van der Waals surface area contributed by atoms with E-state index in [1.54, 1.807) is 6.08 Å². The number of rotatable bonds is 3. The second-order valence-electron chi connectivity index (χ2n) is 8.27. The number of para-hydroxylation sites is 2. The van der Waals surface area contributed by atoms with E-state index in [2.05, 4.69) is 73.3 Å². The van der Waals surface area contributed by atoms with Crippen LogP contribution in [0.25, 0.3) is 6.08 Å². The second-order valence-corrected chi connectivity index (χ2v) is 8.27. The van der Waals surface area contributed by atoms with Crippen molar-refractivity contribution in [3.8, 4) is 0 Å². The molecule has 0 aliphatic heterocycles. The van der Waals surface area contributed by atoms with Gasteiger partial charge in [0.1, 0.15) is 0 Å². The molecule has 4 heteroatoms. The van der Waals surface area contributed by atoms with Crippen LogP contribution in [0.3, 0.4) is 0 Å². The Morgan fingerprint density at radius 2 is 1.05 bits per heavy atom. The van der Waals surface area contributed by atoms with Crippen LogP contribution in [-0.4, -0.2) is 11.4 Å². The van der Waals surface area contributed by atoms with E-state index >= 15 is 0 Å². The number of allylic oxidation sites excluding steroid dienone is 1. The summed E-state index contributed by atoms with van der Waals surface area (Å²) in [6, 6.07) is 32.6. The molecule has 4 N–H and O–H groups in total. The molecule has 1 aliphatic carbocycles. The summed E-state index contributed by atoms with van der Waals surface area (Å²) in [6.07, 6.45) is 3.53. The maximum atomic E-state index is 7.60. The third-order valence-corrected chi connectivity index (χ3v) is 5.69. The van der Waals surface area contributed by atoms with Crippen molar-refractivity contribution < 1.29 is 0 Å². The lowest BCUT2D eigenvalue weighted by Crippen LogP contribution is -2.15. The molecule has 0 fully saturated rings. The summed E-state index contributed by atoms with van der Waals surface area (Å²) >= 11 is 0. The summed E-state index contributed by atoms with van der Waals surface area (Å²) in [6.45, 7) is 12.2. The molecule has 4 aromatic rings. The van der Waals surface area contributed by atoms with Gasteiger partial charge in [-0.1, -0.05) is 106 Å². The zero-order valence-corrected chi connectivity index (χ0v) is 23.4. The predicted molar refractivity (Wildman–Crippen MR) is 168 cm³/mol. The van der Waals surface area contributed by atoms with Crippen LogP contribution < -0.4 is 10.6 Å². The second kappa shape index (κ2) is 15.0. The summed E-state index contributed by atoms with van der Waals surface area (Å²) < 4.78 is 0. The maximum absolute atomic E-state index is 7.60. The fourth-order valence-electron chi connectivity index (χ4n) is 3.78. The number of aryl methyl sites for hydroxylation is 2. The zero-order valence-electron chi connectivity index (χ0n) is 23.4. The molecule has 1 aliphatic rings. The number of nitrogen functional groups attached to an aromatic ring is 1. The predicted octanol–water partition coefficient (Wildman–Crippen LogP) is 9.51. The SMILES string of the molecule is CC.CC.Cc1ccc(N(c2ccc(C)cc2)c2ccccc2N)cc1.N=C1C=Cc2ccccc2C1=N. The normalized spacial score (nSPS) is 11.0. The molecule has 0 spiro atoms. The van der Waals surface area contributed by atoms with Crippen molar-refractivity contribution in [2.75, 3.05) is 10.6 Å².